The molecule has 0 unspecified atom stereocenters. The van der Waals surface area contributed by atoms with Gasteiger partial charge in [-0.25, -0.2) is 0 Å². The van der Waals surface area contributed by atoms with Crippen molar-refractivity contribution in [1.29, 1.82) is 4.78 Å². The lowest BCUT2D eigenvalue weighted by molar-refractivity contribution is 1.45. The Hall–Kier alpha value is -1.41. The predicted molar refractivity (Wildman–Crippen MR) is 58.5 cm³/mol. The minimum Gasteiger partial charge on any atom is -0.271 e. The van der Waals surface area contributed by atoms with Gasteiger partial charge >= 0.3 is 0 Å². The first-order chi connectivity index (χ1) is 6.88. The Morgan fingerprint density at radius 1 is 0.714 bits per heavy atom. The van der Waals surface area contributed by atoms with Crippen LogP contribution < -0.4 is 0 Å². The Balaban J connectivity index is 2.42. The van der Waals surface area contributed by atoms with Gasteiger partial charge in [-0.05, 0) is 34.0 Å². The van der Waals surface area contributed by atoms with Gasteiger partial charge < -0.3 is 0 Å². The van der Waals surface area contributed by atoms with E-state index in [1.54, 1.807) is 0 Å². The van der Waals surface area contributed by atoms with Crippen LogP contribution >= 0.6 is 0 Å². The summed E-state index contributed by atoms with van der Waals surface area (Å²) in [7, 11) is -0.473. The van der Waals surface area contributed by atoms with Gasteiger partial charge in [0, 0.05) is 9.79 Å². The monoisotopic (exact) mass is 199 g/mol. The number of benzene rings is 2. The number of nitrogens with one attached hydrogen (secondary N) is 1. The molecule has 1 heterocycles. The number of hydrogen-bond acceptors (Lipinski definition) is 1. The van der Waals surface area contributed by atoms with E-state index >= 15 is 0 Å². The zero-order valence-corrected chi connectivity index (χ0v) is 8.34. The van der Waals surface area contributed by atoms with Crippen LogP contribution in [-0.4, -0.2) is 0 Å². The van der Waals surface area contributed by atoms with Crippen molar-refractivity contribution in [1.82, 2.24) is 0 Å². The second kappa shape index (κ2) is 2.79. The minimum atomic E-state index is -0.473. The van der Waals surface area contributed by atoms with E-state index in [0.29, 0.717) is 0 Å². The van der Waals surface area contributed by atoms with Crippen LogP contribution in [0.2, 0.25) is 0 Å². The van der Waals surface area contributed by atoms with Crippen molar-refractivity contribution in [3.63, 3.8) is 0 Å². The molecule has 0 radical (unpaired) electrons. The largest absolute Gasteiger partial charge is 0.271 e. The van der Waals surface area contributed by atoms with Crippen LogP contribution in [0.3, 0.4) is 0 Å². The van der Waals surface area contributed by atoms with Gasteiger partial charge in [-0.1, -0.05) is 36.4 Å². The van der Waals surface area contributed by atoms with E-state index in [4.69, 9.17) is 4.78 Å². The van der Waals surface area contributed by atoms with Crippen molar-refractivity contribution in [2.75, 3.05) is 0 Å². The molecule has 0 bridgehead atoms. The molecule has 0 saturated carbocycles. The van der Waals surface area contributed by atoms with Crippen LogP contribution in [0.25, 0.3) is 11.1 Å². The van der Waals surface area contributed by atoms with Crippen LogP contribution in [-0.2, 0) is 10.7 Å². The summed E-state index contributed by atoms with van der Waals surface area (Å²) in [5, 5.41) is 0. The van der Waals surface area contributed by atoms with E-state index in [2.05, 4.69) is 24.3 Å². The molecule has 1 aliphatic rings. The fraction of sp³-hybridized carbons (Fsp3) is 0. The fourth-order valence-corrected chi connectivity index (χ4v) is 3.31. The van der Waals surface area contributed by atoms with Crippen LogP contribution in [0.15, 0.2) is 58.3 Å². The highest BCUT2D eigenvalue weighted by atomic mass is 32.2. The molecule has 2 aromatic rings. The molecule has 2 heteroatoms. The van der Waals surface area contributed by atoms with Gasteiger partial charge in [0.05, 0.1) is 0 Å². The molecule has 68 valence electrons. The van der Waals surface area contributed by atoms with Crippen molar-refractivity contribution in [2.24, 2.45) is 0 Å². The lowest BCUT2D eigenvalue weighted by atomic mass is 10.1. The van der Waals surface area contributed by atoms with E-state index in [9.17, 15) is 0 Å². The van der Waals surface area contributed by atoms with Gasteiger partial charge in [0.15, 0.2) is 0 Å². The first-order valence-corrected chi connectivity index (χ1v) is 5.74. The molecular weight excluding hydrogens is 190 g/mol. The topological polar surface area (TPSA) is 23.9 Å². The molecule has 1 N–H and O–H groups in total. The predicted octanol–water partition coefficient (Wildman–Crippen LogP) is 3.47. The van der Waals surface area contributed by atoms with Gasteiger partial charge in [0.1, 0.15) is 0 Å². The Morgan fingerprint density at radius 2 is 1.14 bits per heavy atom. The Morgan fingerprint density at radius 3 is 1.64 bits per heavy atom. The molecule has 1 nitrogen and oxygen atoms in total. The number of hydrogen-bond donors (Lipinski definition) is 1. The summed E-state index contributed by atoms with van der Waals surface area (Å²) < 4.78 is 8.12. The van der Waals surface area contributed by atoms with Gasteiger partial charge in [-0.2, -0.15) is 0 Å². The second-order valence-electron chi connectivity index (χ2n) is 3.30. The molecule has 3 rings (SSSR count). The zero-order valence-electron chi connectivity index (χ0n) is 7.53. The van der Waals surface area contributed by atoms with Gasteiger partial charge in [0.25, 0.3) is 0 Å². The quantitative estimate of drug-likeness (QED) is 0.573. The summed E-state index contributed by atoms with van der Waals surface area (Å²) in [5.74, 6) is 0. The highest BCUT2D eigenvalue weighted by Gasteiger charge is 2.20. The molecule has 0 aliphatic carbocycles. The summed E-state index contributed by atoms with van der Waals surface area (Å²) in [4.78, 5) is 2.32. The molecule has 1 aliphatic heterocycles. The smallest absolute Gasteiger partial charge is 0.0308 e. The van der Waals surface area contributed by atoms with E-state index in [-0.39, 0.29) is 0 Å². The van der Waals surface area contributed by atoms with E-state index in [0.717, 1.165) is 9.79 Å². The molecule has 0 atom stereocenters. The third-order valence-corrected chi connectivity index (χ3v) is 4.10. The third-order valence-electron chi connectivity index (χ3n) is 2.50. The number of rotatable bonds is 0. The molecule has 14 heavy (non-hydrogen) atoms. The molecule has 0 amide bonds. The van der Waals surface area contributed by atoms with Crippen LogP contribution in [0.1, 0.15) is 0 Å². The highest BCUT2D eigenvalue weighted by molar-refractivity contribution is 7.86. The molecule has 2 aromatic carbocycles. The van der Waals surface area contributed by atoms with Gasteiger partial charge in [0.2, 0.25) is 0 Å². The maximum absolute atomic E-state index is 8.12. The van der Waals surface area contributed by atoms with E-state index in [1.807, 2.05) is 24.3 Å². The van der Waals surface area contributed by atoms with E-state index < -0.39 is 10.7 Å². The lowest BCUT2D eigenvalue weighted by Gasteiger charge is -1.96. The van der Waals surface area contributed by atoms with Crippen LogP contribution in [0, 0.1) is 4.78 Å². The Labute approximate surface area is 85.3 Å². The SMILES string of the molecule is N=S1c2ccccc2-c2ccccc21. The average molecular weight is 199 g/mol. The van der Waals surface area contributed by atoms with Crippen molar-refractivity contribution in [2.45, 2.75) is 9.79 Å². The first kappa shape index (κ1) is 7.94. The first-order valence-electron chi connectivity index (χ1n) is 4.52. The minimum absolute atomic E-state index is 0.473. The van der Waals surface area contributed by atoms with Gasteiger partial charge in [-0.15, -0.1) is 0 Å². The van der Waals surface area contributed by atoms with Crippen LogP contribution in [0.4, 0.5) is 0 Å². The van der Waals surface area contributed by atoms with Crippen molar-refractivity contribution in [3.8, 4) is 11.1 Å². The Kier molecular flexibility index (Phi) is 1.58. The molecule has 0 fully saturated rings. The molecule has 0 aromatic heterocycles. The third kappa shape index (κ3) is 0.917. The van der Waals surface area contributed by atoms with Crippen molar-refractivity contribution in [3.05, 3.63) is 48.5 Å². The summed E-state index contributed by atoms with van der Waals surface area (Å²) in [5.41, 5.74) is 2.47. The normalized spacial score (nSPS) is 13.7. The molecule has 0 saturated heterocycles. The standard InChI is InChI=1S/C12H9NS/c13-14-11-7-3-1-5-9(11)10-6-2-4-8-12(10)14/h1-8,13H. The lowest BCUT2D eigenvalue weighted by Crippen LogP contribution is -1.81. The molecule has 0 spiro atoms. The maximum atomic E-state index is 8.12. The van der Waals surface area contributed by atoms with Crippen LogP contribution in [0.5, 0.6) is 0 Å². The fourth-order valence-electron chi connectivity index (χ4n) is 1.85. The van der Waals surface area contributed by atoms with Crippen molar-refractivity contribution < 1.29 is 0 Å². The zero-order chi connectivity index (χ0) is 9.54. The summed E-state index contributed by atoms with van der Waals surface area (Å²) in [6.07, 6.45) is 0. The number of fused-ring (bicyclic) bond motifs is 3. The average Bonchev–Trinajstić information content (AvgIpc) is 2.55. The van der Waals surface area contributed by atoms with E-state index in [1.165, 1.54) is 11.1 Å². The summed E-state index contributed by atoms with van der Waals surface area (Å²) in [6, 6.07) is 16.4. The maximum Gasteiger partial charge on any atom is 0.0308 e. The second-order valence-corrected chi connectivity index (χ2v) is 4.79. The van der Waals surface area contributed by atoms with Crippen molar-refractivity contribution >= 4 is 10.7 Å². The molecular formula is C12H9NS. The van der Waals surface area contributed by atoms with Gasteiger partial charge in [-0.3, -0.25) is 4.78 Å². The summed E-state index contributed by atoms with van der Waals surface area (Å²) in [6.45, 7) is 0. The summed E-state index contributed by atoms with van der Waals surface area (Å²) >= 11 is 0. The Bertz CT molecular complexity index is 484. The highest BCUT2D eigenvalue weighted by Crippen LogP contribution is 2.40.